The number of anilines is 1. The number of hydrogen-bond donors (Lipinski definition) is 1. The van der Waals surface area contributed by atoms with Crippen LogP contribution in [0.15, 0.2) is 108 Å². The molecule has 0 aliphatic rings. The fourth-order valence-electron chi connectivity index (χ4n) is 4.81. The Labute approximate surface area is 269 Å². The second-order valence-corrected chi connectivity index (χ2v) is 13.5. The number of halogens is 2. The molecule has 0 heterocycles. The van der Waals surface area contributed by atoms with Gasteiger partial charge in [0.05, 0.1) is 10.6 Å². The molecule has 0 saturated carbocycles. The van der Waals surface area contributed by atoms with Crippen molar-refractivity contribution in [2.45, 2.75) is 50.7 Å². The van der Waals surface area contributed by atoms with Gasteiger partial charge in [0.15, 0.2) is 0 Å². The summed E-state index contributed by atoms with van der Waals surface area (Å²) >= 11 is 12.2. The topological polar surface area (TPSA) is 86.8 Å². The first-order valence-electron chi connectivity index (χ1n) is 14.2. The van der Waals surface area contributed by atoms with Crippen molar-refractivity contribution in [2.24, 2.45) is 0 Å². The predicted molar refractivity (Wildman–Crippen MR) is 176 cm³/mol. The number of nitrogens with one attached hydrogen (secondary N) is 1. The zero-order valence-corrected chi connectivity index (χ0v) is 27.1. The molecule has 4 aromatic carbocycles. The average Bonchev–Trinajstić information content (AvgIpc) is 2.99. The van der Waals surface area contributed by atoms with Crippen molar-refractivity contribution < 1.29 is 18.0 Å². The van der Waals surface area contributed by atoms with E-state index in [9.17, 15) is 18.0 Å². The number of benzene rings is 4. The van der Waals surface area contributed by atoms with E-state index in [1.807, 2.05) is 44.2 Å². The molecule has 0 bridgehead atoms. The Hall–Kier alpha value is -3.85. The van der Waals surface area contributed by atoms with E-state index in [0.717, 1.165) is 15.4 Å². The third-order valence-electron chi connectivity index (χ3n) is 7.03. The molecule has 0 aromatic heterocycles. The lowest BCUT2D eigenvalue weighted by Crippen LogP contribution is -2.54. The molecule has 0 aliphatic carbocycles. The fraction of sp³-hybridized carbons (Fsp3) is 0.235. The molecule has 0 fully saturated rings. The van der Waals surface area contributed by atoms with Gasteiger partial charge < -0.3 is 10.2 Å². The minimum absolute atomic E-state index is 0.0133. The SMILES string of the molecule is Cc1ccccc1N(CC(=O)N(Cc1ccc(Cl)cc1)C(Cc1ccccc1)C(=O)NC(C)C)S(=O)(=O)c1ccc(Cl)cc1. The van der Waals surface area contributed by atoms with Crippen LogP contribution in [0.25, 0.3) is 0 Å². The highest BCUT2D eigenvalue weighted by atomic mass is 35.5. The fourth-order valence-corrected chi connectivity index (χ4v) is 6.54. The number of para-hydroxylation sites is 1. The van der Waals surface area contributed by atoms with Crippen molar-refractivity contribution in [1.29, 1.82) is 0 Å². The highest BCUT2D eigenvalue weighted by Gasteiger charge is 2.35. The van der Waals surface area contributed by atoms with Gasteiger partial charge in [-0.05, 0) is 79.9 Å². The maximum Gasteiger partial charge on any atom is 0.264 e. The number of rotatable bonds is 12. The quantitative estimate of drug-likeness (QED) is 0.186. The molecular formula is C34H35Cl2N3O4S. The number of amides is 2. The first-order valence-corrected chi connectivity index (χ1v) is 16.4. The number of sulfonamides is 1. The zero-order chi connectivity index (χ0) is 31.9. The third-order valence-corrected chi connectivity index (χ3v) is 9.31. The van der Waals surface area contributed by atoms with Crippen molar-refractivity contribution in [3.8, 4) is 0 Å². The van der Waals surface area contributed by atoms with Crippen LogP contribution in [-0.2, 0) is 32.6 Å². The van der Waals surface area contributed by atoms with E-state index in [0.29, 0.717) is 21.3 Å². The van der Waals surface area contributed by atoms with Gasteiger partial charge in [-0.1, -0.05) is 83.9 Å². The second kappa shape index (κ2) is 14.8. The Balaban J connectivity index is 1.81. The summed E-state index contributed by atoms with van der Waals surface area (Å²) in [5, 5.41) is 3.87. The summed E-state index contributed by atoms with van der Waals surface area (Å²) in [6.45, 7) is 5.00. The highest BCUT2D eigenvalue weighted by Crippen LogP contribution is 2.28. The Kier molecular flexibility index (Phi) is 11.1. The largest absolute Gasteiger partial charge is 0.352 e. The number of carbonyl (C=O) groups excluding carboxylic acids is 2. The van der Waals surface area contributed by atoms with Crippen molar-refractivity contribution in [1.82, 2.24) is 10.2 Å². The summed E-state index contributed by atoms with van der Waals surface area (Å²) in [5.74, 6) is -0.880. The van der Waals surface area contributed by atoms with Gasteiger partial charge in [0.2, 0.25) is 11.8 Å². The Morgan fingerprint density at radius 3 is 1.93 bits per heavy atom. The van der Waals surface area contributed by atoms with E-state index in [2.05, 4.69) is 5.32 Å². The molecule has 44 heavy (non-hydrogen) atoms. The van der Waals surface area contributed by atoms with Gasteiger partial charge in [-0.3, -0.25) is 13.9 Å². The van der Waals surface area contributed by atoms with Crippen LogP contribution in [0.2, 0.25) is 10.0 Å². The maximum atomic E-state index is 14.5. The first-order chi connectivity index (χ1) is 21.0. The second-order valence-electron chi connectivity index (χ2n) is 10.8. The van der Waals surface area contributed by atoms with Crippen molar-refractivity contribution in [2.75, 3.05) is 10.8 Å². The van der Waals surface area contributed by atoms with Gasteiger partial charge in [0, 0.05) is 29.1 Å². The van der Waals surface area contributed by atoms with Crippen LogP contribution < -0.4 is 9.62 Å². The average molecular weight is 653 g/mol. The summed E-state index contributed by atoms with van der Waals surface area (Å²) in [7, 11) is -4.22. The minimum atomic E-state index is -4.22. The molecule has 4 rings (SSSR count). The van der Waals surface area contributed by atoms with Crippen LogP contribution in [-0.4, -0.2) is 43.8 Å². The lowest BCUT2D eigenvalue weighted by Gasteiger charge is -2.34. The molecule has 7 nitrogen and oxygen atoms in total. The van der Waals surface area contributed by atoms with Crippen LogP contribution in [0.5, 0.6) is 0 Å². The Bertz CT molecular complexity index is 1680. The highest BCUT2D eigenvalue weighted by molar-refractivity contribution is 7.92. The summed E-state index contributed by atoms with van der Waals surface area (Å²) in [6.07, 6.45) is 0.229. The van der Waals surface area contributed by atoms with Gasteiger partial charge >= 0.3 is 0 Å². The lowest BCUT2D eigenvalue weighted by atomic mass is 10.0. The molecule has 1 unspecified atom stereocenters. The van der Waals surface area contributed by atoms with Crippen LogP contribution in [0, 0.1) is 6.92 Å². The van der Waals surface area contributed by atoms with Crippen LogP contribution >= 0.6 is 23.2 Å². The maximum absolute atomic E-state index is 14.5. The van der Waals surface area contributed by atoms with Gasteiger partial charge in [-0.25, -0.2) is 8.42 Å². The van der Waals surface area contributed by atoms with Gasteiger partial charge in [0.1, 0.15) is 12.6 Å². The molecule has 0 saturated heterocycles. The Morgan fingerprint density at radius 2 is 1.34 bits per heavy atom. The number of hydrogen-bond acceptors (Lipinski definition) is 4. The molecule has 10 heteroatoms. The number of aryl methyl sites for hydroxylation is 1. The molecule has 0 spiro atoms. The van der Waals surface area contributed by atoms with Crippen molar-refractivity contribution >= 4 is 50.7 Å². The van der Waals surface area contributed by atoms with Crippen molar-refractivity contribution in [3.05, 3.63) is 130 Å². The van der Waals surface area contributed by atoms with E-state index in [-0.39, 0.29) is 29.8 Å². The molecule has 230 valence electrons. The molecule has 2 amide bonds. The molecule has 0 aliphatic heterocycles. The van der Waals surface area contributed by atoms with E-state index < -0.39 is 28.5 Å². The minimum Gasteiger partial charge on any atom is -0.352 e. The zero-order valence-electron chi connectivity index (χ0n) is 24.8. The molecule has 0 radical (unpaired) electrons. The van der Waals surface area contributed by atoms with Crippen molar-refractivity contribution in [3.63, 3.8) is 0 Å². The monoisotopic (exact) mass is 651 g/mol. The smallest absolute Gasteiger partial charge is 0.264 e. The summed E-state index contributed by atoms with van der Waals surface area (Å²) < 4.78 is 29.3. The first kappa shape index (κ1) is 33.1. The van der Waals surface area contributed by atoms with Crippen LogP contribution in [0.4, 0.5) is 5.69 Å². The summed E-state index contributed by atoms with van der Waals surface area (Å²) in [6, 6.07) is 28.1. The molecule has 1 N–H and O–H groups in total. The van der Waals surface area contributed by atoms with E-state index >= 15 is 0 Å². The molecular weight excluding hydrogens is 617 g/mol. The standard InChI is InChI=1S/C34H35Cl2N3O4S/c1-24(2)37-34(41)32(21-26-10-5-4-6-11-26)38(22-27-13-15-28(35)16-14-27)33(40)23-39(31-12-8-7-9-25(31)3)44(42,43)30-19-17-29(36)18-20-30/h4-20,24,32H,21-23H2,1-3H3,(H,37,41). The summed E-state index contributed by atoms with van der Waals surface area (Å²) in [5.41, 5.74) is 2.62. The van der Waals surface area contributed by atoms with E-state index in [1.165, 1.54) is 29.2 Å². The molecule has 4 aromatic rings. The normalized spacial score (nSPS) is 12.0. The van der Waals surface area contributed by atoms with Gasteiger partial charge in [-0.15, -0.1) is 0 Å². The summed E-state index contributed by atoms with van der Waals surface area (Å²) in [4.78, 5) is 29.6. The molecule has 1 atom stereocenters. The van der Waals surface area contributed by atoms with E-state index in [4.69, 9.17) is 23.2 Å². The van der Waals surface area contributed by atoms with Gasteiger partial charge in [-0.2, -0.15) is 0 Å². The predicted octanol–water partition coefficient (Wildman–Crippen LogP) is 6.66. The van der Waals surface area contributed by atoms with E-state index in [1.54, 1.807) is 55.5 Å². The van der Waals surface area contributed by atoms with Crippen LogP contribution in [0.3, 0.4) is 0 Å². The third kappa shape index (κ3) is 8.40. The number of nitrogens with zero attached hydrogens (tertiary/aromatic N) is 2. The van der Waals surface area contributed by atoms with Crippen LogP contribution in [0.1, 0.15) is 30.5 Å². The van der Waals surface area contributed by atoms with Gasteiger partial charge in [0.25, 0.3) is 10.0 Å². The number of carbonyl (C=O) groups is 2. The lowest BCUT2D eigenvalue weighted by molar-refractivity contribution is -0.140. The Morgan fingerprint density at radius 1 is 0.773 bits per heavy atom.